The van der Waals surface area contributed by atoms with Gasteiger partial charge >= 0.3 is 11.8 Å². The first-order valence-corrected chi connectivity index (χ1v) is 18.1. The van der Waals surface area contributed by atoms with Gasteiger partial charge in [-0.1, -0.05) is 38.1 Å². The van der Waals surface area contributed by atoms with Crippen LogP contribution in [0.5, 0.6) is 0 Å². The van der Waals surface area contributed by atoms with Crippen LogP contribution in [-0.2, 0) is 20.7 Å². The predicted molar refractivity (Wildman–Crippen MR) is 203 cm³/mol. The molecule has 3 amide bonds. The van der Waals surface area contributed by atoms with Crippen molar-refractivity contribution in [1.82, 2.24) is 25.3 Å². The van der Waals surface area contributed by atoms with Crippen LogP contribution in [0.2, 0.25) is 0 Å². The number of nitrogens with zero attached hydrogens (tertiary/aromatic N) is 2. The zero-order chi connectivity index (χ0) is 37.3. The summed E-state index contributed by atoms with van der Waals surface area (Å²) in [4.78, 5) is 67.3. The average molecular weight is 708 g/mol. The van der Waals surface area contributed by atoms with Crippen LogP contribution >= 0.6 is 0 Å². The Morgan fingerprint density at radius 1 is 0.942 bits per heavy atom. The second kappa shape index (κ2) is 14.8. The minimum absolute atomic E-state index is 0.190. The fourth-order valence-electron chi connectivity index (χ4n) is 6.96. The number of imidazole rings is 2. The molecule has 3 aromatic carbocycles. The molecule has 1 aliphatic carbocycles. The second-order valence-corrected chi connectivity index (χ2v) is 15.4. The van der Waals surface area contributed by atoms with E-state index in [9.17, 15) is 19.2 Å². The number of H-pyrrole nitrogens is 3. The van der Waals surface area contributed by atoms with Crippen molar-refractivity contribution in [2.75, 3.05) is 11.4 Å². The summed E-state index contributed by atoms with van der Waals surface area (Å²) in [7, 11) is 0. The fourth-order valence-corrected chi connectivity index (χ4v) is 6.96. The molecule has 0 spiro atoms. The highest BCUT2D eigenvalue weighted by Crippen LogP contribution is 2.33. The molecule has 2 heterocycles. The Bertz CT molecular complexity index is 2150. The maximum Gasteiger partial charge on any atom is 0.407 e. The largest absolute Gasteiger partial charge is 0.444 e. The lowest BCUT2D eigenvalue weighted by atomic mass is 9.81. The third-order valence-electron chi connectivity index (χ3n) is 9.76. The molecule has 52 heavy (non-hydrogen) atoms. The summed E-state index contributed by atoms with van der Waals surface area (Å²) in [5.41, 5.74) is 13.0. The zero-order valence-electron chi connectivity index (χ0n) is 30.8. The van der Waals surface area contributed by atoms with Gasteiger partial charge in [0, 0.05) is 18.4 Å². The third-order valence-corrected chi connectivity index (χ3v) is 9.76. The molecule has 6 rings (SSSR count). The number of aryl methyl sites for hydroxylation is 1. The molecule has 2 aromatic heterocycles. The quantitative estimate of drug-likeness (QED) is 0.115. The van der Waals surface area contributed by atoms with E-state index < -0.39 is 29.6 Å². The second-order valence-electron chi connectivity index (χ2n) is 15.4. The van der Waals surface area contributed by atoms with Crippen LogP contribution in [0.15, 0.2) is 59.4 Å². The molecule has 0 aliphatic heterocycles. The van der Waals surface area contributed by atoms with Crippen LogP contribution in [0.3, 0.4) is 0 Å². The van der Waals surface area contributed by atoms with Gasteiger partial charge in [-0.2, -0.15) is 0 Å². The lowest BCUT2D eigenvalue weighted by Crippen LogP contribution is -2.50. The van der Waals surface area contributed by atoms with Crippen LogP contribution in [0.4, 0.5) is 10.5 Å². The topological polar surface area (TPSA) is 179 Å². The van der Waals surface area contributed by atoms with Crippen molar-refractivity contribution in [3.63, 3.8) is 0 Å². The van der Waals surface area contributed by atoms with E-state index in [0.29, 0.717) is 54.9 Å². The number of fused-ring (bicyclic) bond motifs is 2. The van der Waals surface area contributed by atoms with Gasteiger partial charge in [-0.25, -0.2) is 19.5 Å². The number of alkyl carbamates (subject to hydrolysis) is 1. The molecule has 274 valence electrons. The number of nitrogens with two attached hydrogens (primary N) is 1. The SMILES string of the molecule is Cc1cc2[nH]c(C(C)C)nc2cc1-c1ccc(C[C@H](N)C(=O)N(C(=O)C2CCC(CNC(=O)OC(C)(C)C)CC2)c2ccc3[nH]c(=O)[nH]c3c2)cc1. The molecule has 1 fully saturated rings. The van der Waals surface area contributed by atoms with Crippen molar-refractivity contribution in [1.29, 1.82) is 0 Å². The Hall–Kier alpha value is -5.23. The van der Waals surface area contributed by atoms with Gasteiger partial charge in [0.15, 0.2) is 0 Å². The van der Waals surface area contributed by atoms with Crippen LogP contribution in [0.25, 0.3) is 33.2 Å². The highest BCUT2D eigenvalue weighted by atomic mass is 16.6. The monoisotopic (exact) mass is 707 g/mol. The van der Waals surface area contributed by atoms with Gasteiger partial charge in [0.25, 0.3) is 5.91 Å². The molecule has 0 radical (unpaired) electrons. The zero-order valence-corrected chi connectivity index (χ0v) is 30.8. The van der Waals surface area contributed by atoms with Crippen LogP contribution < -0.4 is 21.6 Å². The normalized spacial score (nSPS) is 17.0. The van der Waals surface area contributed by atoms with Gasteiger partial charge in [-0.3, -0.25) is 9.59 Å². The molecule has 12 heteroatoms. The third kappa shape index (κ3) is 8.28. The van der Waals surface area contributed by atoms with E-state index in [2.05, 4.69) is 53.2 Å². The molecule has 5 aromatic rings. The maximum atomic E-state index is 14.2. The van der Waals surface area contributed by atoms with Gasteiger partial charge in [0.05, 0.1) is 33.8 Å². The Morgan fingerprint density at radius 2 is 1.63 bits per heavy atom. The summed E-state index contributed by atoms with van der Waals surface area (Å²) in [5, 5.41) is 2.84. The number of ether oxygens (including phenoxy) is 1. The van der Waals surface area contributed by atoms with E-state index in [4.69, 9.17) is 15.5 Å². The summed E-state index contributed by atoms with van der Waals surface area (Å²) in [6.07, 6.45) is 2.31. The number of imide groups is 1. The van der Waals surface area contributed by atoms with Gasteiger partial charge in [-0.15, -0.1) is 0 Å². The first-order valence-electron chi connectivity index (χ1n) is 18.1. The minimum Gasteiger partial charge on any atom is -0.444 e. The molecule has 0 unspecified atom stereocenters. The van der Waals surface area contributed by atoms with E-state index in [-0.39, 0.29) is 23.9 Å². The van der Waals surface area contributed by atoms with Crippen molar-refractivity contribution in [3.05, 3.63) is 82.0 Å². The highest BCUT2D eigenvalue weighted by Gasteiger charge is 2.35. The number of amides is 3. The standard InChI is InChI=1S/C40H49N7O5/c1-22(2)35-43-32-17-23(3)29(20-34(32)44-35)26-11-7-24(8-12-26)18-30(41)37(49)47(28-15-16-31-33(19-28)46-38(50)45-31)36(48)27-13-9-25(10-14-27)21-42-39(51)52-40(4,5)6/h7-8,11-12,15-17,19-20,22,25,27,30H,9-10,13-14,18,21,41H2,1-6H3,(H,42,51)(H,43,44)(H2,45,46,50)/t25?,27?,30-/m0/s1. The molecule has 1 saturated carbocycles. The summed E-state index contributed by atoms with van der Waals surface area (Å²) < 4.78 is 5.36. The molecular formula is C40H49N7O5. The Morgan fingerprint density at radius 3 is 2.31 bits per heavy atom. The van der Waals surface area contributed by atoms with Crippen LogP contribution in [-0.4, -0.2) is 56.0 Å². The van der Waals surface area contributed by atoms with Crippen LogP contribution in [0.1, 0.15) is 83.2 Å². The lowest BCUT2D eigenvalue weighted by molar-refractivity contribution is -0.130. The Labute approximate surface area is 302 Å². The van der Waals surface area contributed by atoms with Crippen LogP contribution in [0, 0.1) is 18.8 Å². The number of rotatable bonds is 9. The number of carbonyl (C=O) groups excluding carboxylic acids is 3. The van der Waals surface area contributed by atoms with Gasteiger partial charge in [0.1, 0.15) is 11.4 Å². The number of aromatic nitrogens is 4. The summed E-state index contributed by atoms with van der Waals surface area (Å²) >= 11 is 0. The average Bonchev–Trinajstić information content (AvgIpc) is 3.69. The van der Waals surface area contributed by atoms with E-state index in [1.54, 1.807) is 18.2 Å². The number of benzene rings is 3. The summed E-state index contributed by atoms with van der Waals surface area (Å²) in [6, 6.07) is 16.1. The molecule has 1 atom stereocenters. The van der Waals surface area contributed by atoms with E-state index in [1.165, 1.54) is 4.90 Å². The number of hydrogen-bond donors (Lipinski definition) is 5. The summed E-state index contributed by atoms with van der Waals surface area (Å²) in [6.45, 7) is 12.2. The molecule has 0 saturated heterocycles. The van der Waals surface area contributed by atoms with E-state index in [0.717, 1.165) is 39.1 Å². The summed E-state index contributed by atoms with van der Waals surface area (Å²) in [5.74, 6) is 0.200. The van der Waals surface area contributed by atoms with Gasteiger partial charge < -0.3 is 30.7 Å². The molecule has 0 bridgehead atoms. The number of carbonyl (C=O) groups is 3. The van der Waals surface area contributed by atoms with Crippen molar-refractivity contribution in [2.24, 2.45) is 17.6 Å². The molecule has 12 nitrogen and oxygen atoms in total. The smallest absolute Gasteiger partial charge is 0.407 e. The molecule has 6 N–H and O–H groups in total. The van der Waals surface area contributed by atoms with Crippen molar-refractivity contribution in [2.45, 2.75) is 91.2 Å². The number of aromatic amines is 3. The highest BCUT2D eigenvalue weighted by molar-refractivity contribution is 6.17. The molecular weight excluding hydrogens is 658 g/mol. The molecule has 1 aliphatic rings. The first kappa shape index (κ1) is 36.6. The van der Waals surface area contributed by atoms with E-state index in [1.807, 2.05) is 45.0 Å². The van der Waals surface area contributed by atoms with Gasteiger partial charge in [-0.05, 0) is 118 Å². The van der Waals surface area contributed by atoms with Crippen molar-refractivity contribution >= 4 is 45.7 Å². The fraction of sp³-hybridized carbons (Fsp3) is 0.425. The maximum absolute atomic E-state index is 14.2. The van der Waals surface area contributed by atoms with Crippen molar-refractivity contribution < 1.29 is 19.1 Å². The van der Waals surface area contributed by atoms with E-state index >= 15 is 0 Å². The Balaban J connectivity index is 1.17. The number of hydrogen-bond acceptors (Lipinski definition) is 7. The predicted octanol–water partition coefficient (Wildman–Crippen LogP) is 6.59. The Kier molecular flexibility index (Phi) is 10.4. The first-order chi connectivity index (χ1) is 24.6. The van der Waals surface area contributed by atoms with Crippen molar-refractivity contribution in [3.8, 4) is 11.1 Å². The number of anilines is 1. The minimum atomic E-state index is -0.998. The van der Waals surface area contributed by atoms with Gasteiger partial charge in [0.2, 0.25) is 5.91 Å². The number of nitrogens with one attached hydrogen (secondary N) is 4. The lowest BCUT2D eigenvalue weighted by Gasteiger charge is -2.32.